The van der Waals surface area contributed by atoms with Gasteiger partial charge in [-0.05, 0) is 43.4 Å². The van der Waals surface area contributed by atoms with Crippen molar-refractivity contribution >= 4 is 23.4 Å². The summed E-state index contributed by atoms with van der Waals surface area (Å²) in [7, 11) is 0. The van der Waals surface area contributed by atoms with Gasteiger partial charge in [0, 0.05) is 25.3 Å². The van der Waals surface area contributed by atoms with Gasteiger partial charge >= 0.3 is 0 Å². The van der Waals surface area contributed by atoms with E-state index in [0.717, 1.165) is 18.4 Å². The molecule has 8 nitrogen and oxygen atoms in total. The topological polar surface area (TPSA) is 90.4 Å². The second-order valence-electron chi connectivity index (χ2n) is 11.8. The van der Waals surface area contributed by atoms with Gasteiger partial charge in [0.1, 0.15) is 11.6 Å². The largest absolute Gasteiger partial charge is 0.394 e. The number of nitrogens with zero attached hydrogens (tertiary/aromatic N) is 3. The molecule has 6 atom stereocenters. The first-order chi connectivity index (χ1) is 20.9. The maximum atomic E-state index is 14.7. The normalized spacial score (nSPS) is 26.2. The third kappa shape index (κ3) is 5.54. The van der Waals surface area contributed by atoms with Crippen LogP contribution in [0.4, 0.5) is 5.69 Å². The van der Waals surface area contributed by atoms with Gasteiger partial charge in [0.15, 0.2) is 0 Å². The number of hydrogen-bond acceptors (Lipinski definition) is 5. The van der Waals surface area contributed by atoms with Crippen LogP contribution in [0.15, 0.2) is 86.0 Å². The molecule has 43 heavy (non-hydrogen) atoms. The monoisotopic (exact) mass is 585 g/mol. The highest BCUT2D eigenvalue weighted by Gasteiger charge is 2.75. The molecule has 8 heteroatoms. The Bertz CT molecular complexity index is 1320. The number of amides is 3. The van der Waals surface area contributed by atoms with Crippen molar-refractivity contribution in [3.63, 3.8) is 0 Å². The number of aliphatic hydroxyl groups excluding tert-OH is 1. The summed E-state index contributed by atoms with van der Waals surface area (Å²) in [5, 5.41) is 10.7. The Labute approximate surface area is 254 Å². The number of rotatable bonds is 14. The fourth-order valence-corrected chi connectivity index (χ4v) is 7.39. The van der Waals surface area contributed by atoms with Crippen LogP contribution in [0.5, 0.6) is 0 Å². The molecule has 2 aromatic carbocycles. The summed E-state index contributed by atoms with van der Waals surface area (Å²) in [6.45, 7) is 10.6. The van der Waals surface area contributed by atoms with Gasteiger partial charge in [-0.1, -0.05) is 74.0 Å². The predicted octanol–water partition coefficient (Wildman–Crippen LogP) is 4.00. The highest BCUT2D eigenvalue weighted by Crippen LogP contribution is 2.59. The smallest absolute Gasteiger partial charge is 0.248 e. The first kappa shape index (κ1) is 30.7. The van der Waals surface area contributed by atoms with Crippen molar-refractivity contribution in [2.45, 2.75) is 62.8 Å². The van der Waals surface area contributed by atoms with E-state index >= 15 is 0 Å². The molecule has 3 heterocycles. The van der Waals surface area contributed by atoms with Gasteiger partial charge in [0.25, 0.3) is 0 Å². The van der Waals surface area contributed by atoms with Crippen molar-refractivity contribution in [3.05, 3.63) is 91.5 Å². The Hall–Kier alpha value is -3.75. The van der Waals surface area contributed by atoms with Crippen LogP contribution in [0, 0.1) is 11.8 Å². The van der Waals surface area contributed by atoms with Gasteiger partial charge in [-0.15, -0.1) is 13.2 Å². The third-order valence-electron chi connectivity index (χ3n) is 9.26. The van der Waals surface area contributed by atoms with Crippen molar-refractivity contribution in [3.8, 4) is 0 Å². The van der Waals surface area contributed by atoms with E-state index in [0.29, 0.717) is 38.0 Å². The highest BCUT2D eigenvalue weighted by molar-refractivity contribution is 6.03. The number of para-hydroxylation sites is 1. The lowest BCUT2D eigenvalue weighted by Gasteiger charge is -2.39. The number of carbonyl (C=O) groups is 3. The lowest BCUT2D eigenvalue weighted by atomic mass is 9.70. The maximum absolute atomic E-state index is 14.7. The Morgan fingerprint density at radius 3 is 2.37 bits per heavy atom. The van der Waals surface area contributed by atoms with Crippen LogP contribution >= 0.6 is 0 Å². The minimum absolute atomic E-state index is 0.207. The molecule has 3 aliphatic heterocycles. The number of likely N-dealkylation sites (tertiary alicyclic amines) is 1. The number of carbonyl (C=O) groups excluding carboxylic acids is 3. The van der Waals surface area contributed by atoms with E-state index in [1.807, 2.05) is 60.7 Å². The molecule has 1 spiro atoms. The van der Waals surface area contributed by atoms with E-state index in [4.69, 9.17) is 4.74 Å². The summed E-state index contributed by atoms with van der Waals surface area (Å²) in [5.74, 6) is -2.29. The Morgan fingerprint density at radius 2 is 1.74 bits per heavy atom. The average molecular weight is 586 g/mol. The van der Waals surface area contributed by atoms with Crippen LogP contribution in [-0.2, 0) is 25.5 Å². The van der Waals surface area contributed by atoms with Crippen LogP contribution in [-0.4, -0.2) is 82.7 Å². The number of unbranched alkanes of at least 4 members (excludes halogenated alkanes) is 1. The number of anilines is 1. The van der Waals surface area contributed by atoms with Crippen LogP contribution in [0.3, 0.4) is 0 Å². The minimum atomic E-state index is -1.15. The van der Waals surface area contributed by atoms with E-state index < -0.39 is 35.6 Å². The molecule has 0 saturated carbocycles. The molecule has 3 saturated heterocycles. The third-order valence-corrected chi connectivity index (χ3v) is 9.26. The Morgan fingerprint density at radius 1 is 1.07 bits per heavy atom. The van der Waals surface area contributed by atoms with Crippen molar-refractivity contribution in [2.24, 2.45) is 11.8 Å². The first-order valence-electron chi connectivity index (χ1n) is 15.4. The van der Waals surface area contributed by atoms with Crippen LogP contribution in [0.25, 0.3) is 0 Å². The molecule has 2 unspecified atom stereocenters. The molecule has 1 N–H and O–H groups in total. The van der Waals surface area contributed by atoms with Crippen LogP contribution in [0.2, 0.25) is 0 Å². The number of aliphatic hydroxyl groups is 1. The maximum Gasteiger partial charge on any atom is 0.248 e. The van der Waals surface area contributed by atoms with E-state index in [9.17, 15) is 19.5 Å². The van der Waals surface area contributed by atoms with Crippen molar-refractivity contribution in [1.82, 2.24) is 9.80 Å². The first-order valence-corrected chi connectivity index (χ1v) is 15.4. The average Bonchev–Trinajstić information content (AvgIpc) is 3.68. The molecular formula is C35H43N3O5. The summed E-state index contributed by atoms with van der Waals surface area (Å²) in [5.41, 5.74) is 0.516. The van der Waals surface area contributed by atoms with E-state index in [2.05, 4.69) is 20.1 Å². The zero-order valence-electron chi connectivity index (χ0n) is 25.0. The predicted molar refractivity (Wildman–Crippen MR) is 166 cm³/mol. The summed E-state index contributed by atoms with van der Waals surface area (Å²) in [4.78, 5) is 48.5. The lowest BCUT2D eigenvalue weighted by molar-refractivity contribution is -0.151. The summed E-state index contributed by atoms with van der Waals surface area (Å²) in [6.07, 6.45) is 6.06. The molecular weight excluding hydrogens is 542 g/mol. The number of benzene rings is 2. The number of hydrogen-bond donors (Lipinski definition) is 1. The second kappa shape index (κ2) is 13.3. The van der Waals surface area contributed by atoms with Gasteiger partial charge in [-0.3, -0.25) is 14.4 Å². The highest BCUT2D eigenvalue weighted by atomic mass is 16.5. The number of fused-ring (bicyclic) bond motifs is 1. The van der Waals surface area contributed by atoms with E-state index in [1.165, 1.54) is 0 Å². The molecule has 2 aromatic rings. The molecule has 3 amide bonds. The fourth-order valence-electron chi connectivity index (χ4n) is 7.39. The molecule has 5 rings (SSSR count). The zero-order chi connectivity index (χ0) is 30.6. The SMILES string of the molecule is C=CCN(CCCC)C(=O)C1N([C@@H](CO)Cc2ccccc2)C(=O)[C@@H]2[C@@H](C(=O)N(CC=C)c3ccccc3)[C@H]3CCC12O3. The zero-order valence-corrected chi connectivity index (χ0v) is 25.0. The summed E-state index contributed by atoms with van der Waals surface area (Å²) < 4.78 is 6.70. The molecule has 0 radical (unpaired) electrons. The van der Waals surface area contributed by atoms with Gasteiger partial charge in [0.05, 0.1) is 30.6 Å². The van der Waals surface area contributed by atoms with Crippen molar-refractivity contribution < 1.29 is 24.2 Å². The number of ether oxygens (including phenoxy) is 1. The molecule has 0 aliphatic carbocycles. The standard InChI is InChI=1S/C35H43N3O5/c1-4-7-22-36(20-5-2)34(42)31-35-19-18-28(43-35)29(32(40)37(21-6-3)26-16-12-9-13-17-26)30(35)33(41)38(31)27(24-39)23-25-14-10-8-11-15-25/h5-6,8-17,27-31,39H,2-4,7,18-24H2,1H3/t27-,28-,29+,30+,31?,35?/m1/s1. The van der Waals surface area contributed by atoms with Gasteiger partial charge < -0.3 is 24.5 Å². The summed E-state index contributed by atoms with van der Waals surface area (Å²) >= 11 is 0. The summed E-state index contributed by atoms with van der Waals surface area (Å²) in [6, 6.07) is 17.4. The molecule has 228 valence electrons. The van der Waals surface area contributed by atoms with Gasteiger partial charge in [-0.25, -0.2) is 0 Å². The van der Waals surface area contributed by atoms with Gasteiger partial charge in [-0.2, -0.15) is 0 Å². The van der Waals surface area contributed by atoms with Crippen LogP contribution < -0.4 is 4.90 Å². The van der Waals surface area contributed by atoms with E-state index in [-0.39, 0.29) is 30.9 Å². The molecule has 2 bridgehead atoms. The van der Waals surface area contributed by atoms with Crippen LogP contribution in [0.1, 0.15) is 38.2 Å². The van der Waals surface area contributed by atoms with Crippen molar-refractivity contribution in [2.75, 3.05) is 31.1 Å². The molecule has 0 aromatic heterocycles. The minimum Gasteiger partial charge on any atom is -0.394 e. The van der Waals surface area contributed by atoms with Crippen molar-refractivity contribution in [1.29, 1.82) is 0 Å². The quantitative estimate of drug-likeness (QED) is 0.339. The molecule has 3 fully saturated rings. The Kier molecular flexibility index (Phi) is 9.47. The van der Waals surface area contributed by atoms with E-state index in [1.54, 1.807) is 26.9 Å². The second-order valence-corrected chi connectivity index (χ2v) is 11.8. The van der Waals surface area contributed by atoms with Gasteiger partial charge in [0.2, 0.25) is 17.7 Å². The fraction of sp³-hybridized carbons (Fsp3) is 0.457. The lowest BCUT2D eigenvalue weighted by Crippen LogP contribution is -2.59. The molecule has 3 aliphatic rings. The Balaban J connectivity index is 1.57.